The summed E-state index contributed by atoms with van der Waals surface area (Å²) < 4.78 is 40.7. The first-order valence-electron chi connectivity index (χ1n) is 9.30. The van der Waals surface area contributed by atoms with Crippen molar-refractivity contribution >= 4 is 22.7 Å². The molecule has 2 aliphatic rings. The lowest BCUT2D eigenvalue weighted by Gasteiger charge is -2.22. The molecule has 1 aliphatic carbocycles. The number of fused-ring (bicyclic) bond motifs is 2. The van der Waals surface area contributed by atoms with Gasteiger partial charge in [0.2, 0.25) is 11.8 Å². The third-order valence-corrected chi connectivity index (χ3v) is 5.47. The van der Waals surface area contributed by atoms with E-state index in [1.54, 1.807) is 4.90 Å². The molecule has 2 N–H and O–H groups in total. The first-order valence-corrected chi connectivity index (χ1v) is 9.30. The highest BCUT2D eigenvalue weighted by Gasteiger charge is 2.53. The number of carbonyl (C=O) groups excluding carboxylic acids is 2. The van der Waals surface area contributed by atoms with Crippen molar-refractivity contribution in [3.05, 3.63) is 41.1 Å². The topological polar surface area (TPSA) is 109 Å². The monoisotopic (exact) mass is 418 g/mol. The number of hydrogen-bond donors (Lipinski definition) is 1. The van der Waals surface area contributed by atoms with E-state index in [0.29, 0.717) is 23.5 Å². The molecule has 0 bridgehead atoms. The van der Waals surface area contributed by atoms with Gasteiger partial charge in [-0.05, 0) is 42.5 Å². The molecule has 3 atom stereocenters. The molecule has 1 saturated carbocycles. The number of aromatic nitrogens is 1. The van der Waals surface area contributed by atoms with Gasteiger partial charge in [0, 0.05) is 11.4 Å². The zero-order valence-corrected chi connectivity index (χ0v) is 15.6. The maximum Gasteiger partial charge on any atom is 0.522 e. The van der Waals surface area contributed by atoms with Gasteiger partial charge in [-0.2, -0.15) is 5.26 Å². The molecule has 30 heavy (non-hydrogen) atoms. The Labute approximate surface area is 169 Å². The number of hydrogen-bond acceptors (Lipinski definition) is 5. The Hall–Kier alpha value is -3.19. The van der Waals surface area contributed by atoms with E-state index in [9.17, 15) is 28.0 Å². The van der Waals surface area contributed by atoms with E-state index in [2.05, 4.69) is 15.8 Å². The van der Waals surface area contributed by atoms with Gasteiger partial charge in [-0.25, -0.2) is 0 Å². The highest BCUT2D eigenvalue weighted by atomic mass is 19.4. The lowest BCUT2D eigenvalue weighted by atomic mass is 10.0. The predicted molar refractivity (Wildman–Crippen MR) is 97.6 cm³/mol. The average molecular weight is 418 g/mol. The van der Waals surface area contributed by atoms with Crippen LogP contribution in [0.1, 0.15) is 34.5 Å². The second kappa shape index (κ2) is 7.25. The number of alkyl halides is 3. The van der Waals surface area contributed by atoms with Crippen LogP contribution in [-0.4, -0.2) is 40.1 Å². The molecule has 2 amide bonds. The number of nitrogens with zero attached hydrogens (tertiary/aromatic N) is 3. The number of pyridine rings is 1. The first-order chi connectivity index (χ1) is 14.2. The van der Waals surface area contributed by atoms with E-state index in [1.807, 2.05) is 0 Å². The Morgan fingerprint density at radius 1 is 1.30 bits per heavy atom. The van der Waals surface area contributed by atoms with Crippen molar-refractivity contribution in [1.82, 2.24) is 9.88 Å². The van der Waals surface area contributed by atoms with Crippen LogP contribution in [0.15, 0.2) is 24.3 Å². The number of halogens is 3. The Kier molecular flexibility index (Phi) is 4.86. The maximum absolute atomic E-state index is 12.8. The van der Waals surface area contributed by atoms with Crippen molar-refractivity contribution in [3.63, 3.8) is 0 Å². The van der Waals surface area contributed by atoms with E-state index in [1.165, 1.54) is 24.3 Å². The van der Waals surface area contributed by atoms with Crippen LogP contribution in [0.25, 0.3) is 10.9 Å². The van der Waals surface area contributed by atoms with Crippen molar-refractivity contribution in [3.8, 4) is 6.07 Å². The molecule has 2 heterocycles. The Morgan fingerprint density at radius 2 is 2.07 bits per heavy atom. The quantitative estimate of drug-likeness (QED) is 0.802. The van der Waals surface area contributed by atoms with Crippen LogP contribution >= 0.6 is 0 Å². The van der Waals surface area contributed by atoms with Crippen molar-refractivity contribution in [2.45, 2.75) is 44.3 Å². The molecule has 0 radical (unpaired) electrons. The molecule has 10 heteroatoms. The molecule has 1 aromatic carbocycles. The van der Waals surface area contributed by atoms with E-state index >= 15 is 0 Å². The molecule has 2 aromatic rings. The number of piperidine rings is 1. The lowest BCUT2D eigenvalue weighted by Crippen LogP contribution is -2.38. The fraction of sp³-hybridized carbons (Fsp3) is 0.400. The van der Waals surface area contributed by atoms with Gasteiger partial charge < -0.3 is 10.6 Å². The lowest BCUT2D eigenvalue weighted by molar-refractivity contribution is -0.330. The second-order valence-electron chi connectivity index (χ2n) is 7.53. The van der Waals surface area contributed by atoms with Crippen molar-refractivity contribution in [2.24, 2.45) is 11.7 Å². The fourth-order valence-corrected chi connectivity index (χ4v) is 4.05. The Morgan fingerprint density at radius 3 is 2.73 bits per heavy atom. The molecule has 0 unspecified atom stereocenters. The summed E-state index contributed by atoms with van der Waals surface area (Å²) in [5, 5.41) is 9.54. The van der Waals surface area contributed by atoms with E-state index in [4.69, 9.17) is 5.73 Å². The molecule has 4 rings (SSSR count). The smallest absolute Gasteiger partial charge is 0.366 e. The zero-order valence-electron chi connectivity index (χ0n) is 15.6. The van der Waals surface area contributed by atoms with Crippen molar-refractivity contribution in [2.75, 3.05) is 0 Å². The molecule has 7 nitrogen and oxygen atoms in total. The molecule has 0 spiro atoms. The molecule has 2 fully saturated rings. The van der Waals surface area contributed by atoms with Crippen LogP contribution in [0.3, 0.4) is 0 Å². The summed E-state index contributed by atoms with van der Waals surface area (Å²) >= 11 is 0. The fourth-order valence-electron chi connectivity index (χ4n) is 4.05. The number of carbonyl (C=O) groups is 2. The number of nitriles is 1. The number of ether oxygens (including phenoxy) is 1. The number of primary amides is 1. The standard InChI is InChI=1S/C20H17F3N4O3/c21-20(22,23)30-9-10-1-2-16-14(3-10)15(19(25)29)6-12(26-16)7-18(28)27-13(8-24)4-11-5-17(11)27/h1-3,6,11,13,17H,4-5,7,9H2,(H2,25,29)/t11-,13+,17+/m1/s1. The van der Waals surface area contributed by atoms with Crippen LogP contribution < -0.4 is 5.73 Å². The van der Waals surface area contributed by atoms with Crippen LogP contribution in [-0.2, 0) is 22.6 Å². The van der Waals surface area contributed by atoms with Crippen LogP contribution in [0.2, 0.25) is 0 Å². The summed E-state index contributed by atoms with van der Waals surface area (Å²) in [5.74, 6) is -0.658. The van der Waals surface area contributed by atoms with Crippen LogP contribution in [0.4, 0.5) is 13.2 Å². The summed E-state index contributed by atoms with van der Waals surface area (Å²) in [6.07, 6.45) is -3.31. The summed E-state index contributed by atoms with van der Waals surface area (Å²) in [6, 6.07) is 7.38. The molecular weight excluding hydrogens is 401 g/mol. The van der Waals surface area contributed by atoms with Gasteiger partial charge in [-0.15, -0.1) is 13.2 Å². The number of benzene rings is 1. The summed E-state index contributed by atoms with van der Waals surface area (Å²) in [5.41, 5.74) is 6.33. The predicted octanol–water partition coefficient (Wildman–Crippen LogP) is 2.43. The first kappa shape index (κ1) is 20.1. The SMILES string of the molecule is N#C[C@@H]1C[C@@H]2C[C@@H]2N1C(=O)Cc1cc(C(N)=O)c2cc(COC(F)(F)F)ccc2n1. The van der Waals surface area contributed by atoms with Crippen LogP contribution in [0.5, 0.6) is 0 Å². The molecule has 1 saturated heterocycles. The van der Waals surface area contributed by atoms with E-state index in [-0.39, 0.29) is 34.9 Å². The average Bonchev–Trinajstić information content (AvgIpc) is 3.34. The highest BCUT2D eigenvalue weighted by Crippen LogP contribution is 2.47. The minimum Gasteiger partial charge on any atom is -0.366 e. The van der Waals surface area contributed by atoms with Gasteiger partial charge in [0.25, 0.3) is 0 Å². The summed E-state index contributed by atoms with van der Waals surface area (Å²) in [7, 11) is 0. The van der Waals surface area contributed by atoms with Gasteiger partial charge in [0.1, 0.15) is 6.04 Å². The summed E-state index contributed by atoms with van der Waals surface area (Å²) in [6.45, 7) is -0.717. The molecule has 156 valence electrons. The maximum atomic E-state index is 12.8. The minimum atomic E-state index is -4.78. The number of nitrogens with two attached hydrogens (primary N) is 1. The normalized spacial score (nSPS) is 22.6. The van der Waals surface area contributed by atoms with E-state index in [0.717, 1.165) is 6.42 Å². The number of amides is 2. The Bertz CT molecular complexity index is 1080. The molecule has 1 aromatic heterocycles. The van der Waals surface area contributed by atoms with Gasteiger partial charge >= 0.3 is 6.36 Å². The van der Waals surface area contributed by atoms with Crippen molar-refractivity contribution < 1.29 is 27.5 Å². The molecule has 1 aliphatic heterocycles. The van der Waals surface area contributed by atoms with Crippen LogP contribution in [0, 0.1) is 17.2 Å². The van der Waals surface area contributed by atoms with Gasteiger partial charge in [-0.3, -0.25) is 19.3 Å². The van der Waals surface area contributed by atoms with Gasteiger partial charge in [0.15, 0.2) is 0 Å². The molecular formula is C20H17F3N4O3. The summed E-state index contributed by atoms with van der Waals surface area (Å²) in [4.78, 5) is 30.7. The van der Waals surface area contributed by atoms with Gasteiger partial charge in [-0.1, -0.05) is 6.07 Å². The zero-order chi connectivity index (χ0) is 21.6. The second-order valence-corrected chi connectivity index (χ2v) is 7.53. The van der Waals surface area contributed by atoms with E-state index < -0.39 is 24.9 Å². The highest BCUT2D eigenvalue weighted by molar-refractivity contribution is 6.05. The number of rotatable bonds is 5. The minimum absolute atomic E-state index is 0.0548. The Balaban J connectivity index is 1.61. The largest absolute Gasteiger partial charge is 0.522 e. The van der Waals surface area contributed by atoms with Gasteiger partial charge in [0.05, 0.1) is 35.9 Å². The van der Waals surface area contributed by atoms with Crippen molar-refractivity contribution in [1.29, 1.82) is 5.26 Å². The number of likely N-dealkylation sites (tertiary alicyclic amines) is 1. The third-order valence-electron chi connectivity index (χ3n) is 5.47. The third kappa shape index (κ3) is 3.93.